The number of hydrogen-bond donors (Lipinski definition) is 1. The third-order valence-corrected chi connectivity index (χ3v) is 7.18. The van der Waals surface area contributed by atoms with E-state index in [2.05, 4.69) is 18.2 Å². The van der Waals surface area contributed by atoms with Crippen molar-refractivity contribution in [2.75, 3.05) is 6.61 Å². The van der Waals surface area contributed by atoms with Gasteiger partial charge in [-0.2, -0.15) is 0 Å². The summed E-state index contributed by atoms with van der Waals surface area (Å²) in [6.07, 6.45) is 11.3. The van der Waals surface area contributed by atoms with Gasteiger partial charge in [0.25, 0.3) is 0 Å². The summed E-state index contributed by atoms with van der Waals surface area (Å²) >= 11 is 0. The number of hydrogen-bond acceptors (Lipinski definition) is 4. The van der Waals surface area contributed by atoms with E-state index < -0.39 is 0 Å². The second-order valence-corrected chi connectivity index (χ2v) is 9.38. The van der Waals surface area contributed by atoms with Crippen LogP contribution in [0.1, 0.15) is 97.6 Å². The van der Waals surface area contributed by atoms with E-state index in [9.17, 15) is 9.90 Å². The molecule has 4 heteroatoms. The van der Waals surface area contributed by atoms with Crippen LogP contribution in [0.5, 0.6) is 5.75 Å². The van der Waals surface area contributed by atoms with Crippen molar-refractivity contribution in [1.82, 2.24) is 0 Å². The third kappa shape index (κ3) is 4.07. The van der Waals surface area contributed by atoms with Crippen molar-refractivity contribution in [3.8, 4) is 5.75 Å². The van der Waals surface area contributed by atoms with Crippen molar-refractivity contribution < 1.29 is 14.3 Å². The summed E-state index contributed by atoms with van der Waals surface area (Å²) in [5, 5.41) is 11.2. The molecule has 0 bridgehead atoms. The lowest BCUT2D eigenvalue weighted by molar-refractivity contribution is 0.00514. The average Bonchev–Trinajstić information content (AvgIpc) is 3.61. The van der Waals surface area contributed by atoms with Gasteiger partial charge in [0.15, 0.2) is 0 Å². The maximum Gasteiger partial charge on any atom is 0.343 e. The van der Waals surface area contributed by atoms with Crippen LogP contribution in [0.2, 0.25) is 0 Å². The minimum Gasteiger partial charge on any atom is -0.507 e. The Hall–Kier alpha value is -2.07. The van der Waals surface area contributed by atoms with Crippen molar-refractivity contribution >= 4 is 0 Å². The van der Waals surface area contributed by atoms with E-state index in [0.717, 1.165) is 68.4 Å². The zero-order valence-electron chi connectivity index (χ0n) is 17.7. The van der Waals surface area contributed by atoms with Gasteiger partial charge in [0.2, 0.25) is 0 Å². The standard InChI is InChI=1S/C26H32O4/c27-24-22-11-4-2-8-19(15-20-9-5-6-14-29-20)25(22)30-26(28)23(24)16-18-7-1-3-10-21(18)17-12-13-17/h1,3,7,10,17,19-20,27H,2,4-6,8-9,11-16H2. The van der Waals surface area contributed by atoms with Gasteiger partial charge >= 0.3 is 5.63 Å². The molecule has 2 aliphatic carbocycles. The predicted molar refractivity (Wildman–Crippen MR) is 116 cm³/mol. The summed E-state index contributed by atoms with van der Waals surface area (Å²) in [4.78, 5) is 13.0. The van der Waals surface area contributed by atoms with Crippen LogP contribution in [0.25, 0.3) is 0 Å². The van der Waals surface area contributed by atoms with Crippen LogP contribution in [0.4, 0.5) is 0 Å². The molecule has 0 radical (unpaired) electrons. The normalized spacial score (nSPS) is 24.3. The Morgan fingerprint density at radius 3 is 2.63 bits per heavy atom. The molecule has 2 unspecified atom stereocenters. The Morgan fingerprint density at radius 2 is 1.83 bits per heavy atom. The van der Waals surface area contributed by atoms with E-state index in [1.807, 2.05) is 6.07 Å². The van der Waals surface area contributed by atoms with Crippen LogP contribution in [0.15, 0.2) is 33.5 Å². The fourth-order valence-electron chi connectivity index (χ4n) is 5.38. The highest BCUT2D eigenvalue weighted by Crippen LogP contribution is 2.43. The zero-order chi connectivity index (χ0) is 20.5. The average molecular weight is 409 g/mol. The fraction of sp³-hybridized carbons (Fsp3) is 0.577. The van der Waals surface area contributed by atoms with Crippen LogP contribution < -0.4 is 5.63 Å². The Balaban J connectivity index is 1.47. The molecule has 2 aromatic rings. The molecule has 5 rings (SSSR count). The lowest BCUT2D eigenvalue weighted by Crippen LogP contribution is -2.23. The first-order chi connectivity index (χ1) is 14.7. The number of aromatic hydroxyl groups is 1. The van der Waals surface area contributed by atoms with Gasteiger partial charge in [-0.1, -0.05) is 30.7 Å². The second kappa shape index (κ2) is 8.58. The highest BCUT2D eigenvalue weighted by atomic mass is 16.5. The molecule has 2 heterocycles. The van der Waals surface area contributed by atoms with Crippen molar-refractivity contribution in [2.45, 2.75) is 88.6 Å². The molecule has 1 aromatic carbocycles. The van der Waals surface area contributed by atoms with Gasteiger partial charge in [-0.15, -0.1) is 0 Å². The minimum absolute atomic E-state index is 0.164. The van der Waals surface area contributed by atoms with Crippen molar-refractivity contribution in [2.24, 2.45) is 0 Å². The highest BCUT2D eigenvalue weighted by Gasteiger charge is 2.31. The topological polar surface area (TPSA) is 59.7 Å². The Bertz CT molecular complexity index is 950. The Morgan fingerprint density at radius 1 is 1.00 bits per heavy atom. The molecule has 0 spiro atoms. The highest BCUT2D eigenvalue weighted by molar-refractivity contribution is 5.46. The first-order valence-corrected chi connectivity index (χ1v) is 11.8. The minimum atomic E-state index is -0.367. The van der Waals surface area contributed by atoms with Crippen LogP contribution in [-0.4, -0.2) is 17.8 Å². The molecule has 1 aliphatic heterocycles. The van der Waals surface area contributed by atoms with Crippen molar-refractivity contribution in [1.29, 1.82) is 0 Å². The molecule has 3 aliphatic rings. The summed E-state index contributed by atoms with van der Waals surface area (Å²) in [5.41, 5.74) is 3.39. The summed E-state index contributed by atoms with van der Waals surface area (Å²) in [6, 6.07) is 8.33. The third-order valence-electron chi connectivity index (χ3n) is 7.18. The summed E-state index contributed by atoms with van der Waals surface area (Å²) < 4.78 is 11.9. The second-order valence-electron chi connectivity index (χ2n) is 9.38. The molecule has 0 amide bonds. The monoisotopic (exact) mass is 408 g/mol. The quantitative estimate of drug-likeness (QED) is 0.656. The number of fused-ring (bicyclic) bond motifs is 1. The molecule has 160 valence electrons. The molecule has 2 fully saturated rings. The van der Waals surface area contributed by atoms with Crippen molar-refractivity contribution in [3.05, 3.63) is 62.7 Å². The van der Waals surface area contributed by atoms with Crippen LogP contribution in [-0.2, 0) is 17.6 Å². The molecule has 1 N–H and O–H groups in total. The van der Waals surface area contributed by atoms with E-state index in [1.165, 1.54) is 24.8 Å². The van der Waals surface area contributed by atoms with Gasteiger partial charge in [0.05, 0.1) is 11.7 Å². The number of benzene rings is 1. The van der Waals surface area contributed by atoms with E-state index in [-0.39, 0.29) is 23.4 Å². The summed E-state index contributed by atoms with van der Waals surface area (Å²) in [5.74, 6) is 1.68. The molecule has 30 heavy (non-hydrogen) atoms. The lowest BCUT2D eigenvalue weighted by Gasteiger charge is -2.26. The maximum absolute atomic E-state index is 13.0. The SMILES string of the molecule is O=c1oc2c(c(O)c1Cc1ccccc1C1CC1)CCCCC2CC1CCCCO1. The molecular weight excluding hydrogens is 376 g/mol. The zero-order valence-corrected chi connectivity index (χ0v) is 17.7. The molecule has 1 saturated carbocycles. The lowest BCUT2D eigenvalue weighted by atomic mass is 9.89. The van der Waals surface area contributed by atoms with E-state index in [4.69, 9.17) is 9.15 Å². The number of rotatable bonds is 5. The molecule has 1 aromatic heterocycles. The van der Waals surface area contributed by atoms with Gasteiger partial charge in [-0.05, 0) is 74.8 Å². The molecule has 2 atom stereocenters. The largest absolute Gasteiger partial charge is 0.507 e. The van der Waals surface area contributed by atoms with E-state index in [1.54, 1.807) is 0 Å². The van der Waals surface area contributed by atoms with Gasteiger partial charge in [0, 0.05) is 24.5 Å². The smallest absolute Gasteiger partial charge is 0.343 e. The van der Waals surface area contributed by atoms with E-state index in [0.29, 0.717) is 17.9 Å². The van der Waals surface area contributed by atoms with E-state index >= 15 is 0 Å². The fourth-order valence-corrected chi connectivity index (χ4v) is 5.38. The van der Waals surface area contributed by atoms with Gasteiger partial charge < -0.3 is 14.3 Å². The van der Waals surface area contributed by atoms with Crippen molar-refractivity contribution in [3.63, 3.8) is 0 Å². The van der Waals surface area contributed by atoms with Crippen LogP contribution in [0.3, 0.4) is 0 Å². The molecule has 4 nitrogen and oxygen atoms in total. The first kappa shape index (κ1) is 19.9. The molecule has 1 saturated heterocycles. The number of ether oxygens (including phenoxy) is 1. The Kier molecular flexibility index (Phi) is 5.68. The van der Waals surface area contributed by atoms with Crippen LogP contribution >= 0.6 is 0 Å². The van der Waals surface area contributed by atoms with Crippen LogP contribution in [0, 0.1) is 0 Å². The summed E-state index contributed by atoms with van der Waals surface area (Å²) in [7, 11) is 0. The maximum atomic E-state index is 13.0. The van der Waals surface area contributed by atoms with Gasteiger partial charge in [0.1, 0.15) is 11.5 Å². The first-order valence-electron chi connectivity index (χ1n) is 11.8. The van der Waals surface area contributed by atoms with Gasteiger partial charge in [-0.3, -0.25) is 0 Å². The molecular formula is C26H32O4. The summed E-state index contributed by atoms with van der Waals surface area (Å²) in [6.45, 7) is 0.832. The predicted octanol–water partition coefficient (Wildman–Crippen LogP) is 5.58. The van der Waals surface area contributed by atoms with Gasteiger partial charge in [-0.25, -0.2) is 4.79 Å². The Labute approximate surface area is 178 Å².